The second-order valence-electron chi connectivity index (χ2n) is 11.3. The number of hydrogen-bond donors (Lipinski definition) is 1. The minimum absolute atomic E-state index is 0.0382. The number of likely N-dealkylation sites (tertiary alicyclic amines) is 1. The van der Waals surface area contributed by atoms with Crippen LogP contribution in [0.15, 0.2) is 67.0 Å². The van der Waals surface area contributed by atoms with Crippen LogP contribution in [0.3, 0.4) is 0 Å². The molecule has 4 heterocycles. The third-order valence-corrected chi connectivity index (χ3v) is 7.41. The largest absolute Gasteiger partial charge is 0.322 e. The molecule has 1 aliphatic heterocycles. The van der Waals surface area contributed by atoms with Crippen LogP contribution in [-0.4, -0.2) is 43.5 Å². The summed E-state index contributed by atoms with van der Waals surface area (Å²) in [6.07, 6.45) is 6.77. The number of nitrogens with one attached hydrogen (secondary N) is 1. The van der Waals surface area contributed by atoms with E-state index in [9.17, 15) is 4.79 Å². The van der Waals surface area contributed by atoms with Crippen molar-refractivity contribution in [3.8, 4) is 22.8 Å². The van der Waals surface area contributed by atoms with Gasteiger partial charge in [-0.05, 0) is 72.6 Å². The highest BCUT2D eigenvalue weighted by atomic mass is 16.2. The van der Waals surface area contributed by atoms with E-state index in [4.69, 9.17) is 9.97 Å². The van der Waals surface area contributed by atoms with Crippen LogP contribution >= 0.6 is 0 Å². The number of benzene rings is 1. The number of aromatic nitrogens is 4. The summed E-state index contributed by atoms with van der Waals surface area (Å²) in [6, 6.07) is 17.4. The molecular formula is C29H30N6O. The highest BCUT2D eigenvalue weighted by Crippen LogP contribution is 2.52. The highest BCUT2D eigenvalue weighted by Gasteiger charge is 2.51. The fourth-order valence-corrected chi connectivity index (χ4v) is 6.39. The van der Waals surface area contributed by atoms with Crippen molar-refractivity contribution in [1.29, 1.82) is 0 Å². The van der Waals surface area contributed by atoms with E-state index in [-0.39, 0.29) is 22.9 Å². The lowest BCUT2D eigenvalue weighted by atomic mass is 9.65. The van der Waals surface area contributed by atoms with Crippen LogP contribution in [0.2, 0.25) is 0 Å². The molecule has 1 aliphatic carbocycles. The van der Waals surface area contributed by atoms with Crippen molar-refractivity contribution in [2.45, 2.75) is 46.1 Å². The molecule has 2 aliphatic rings. The Morgan fingerprint density at radius 2 is 1.56 bits per heavy atom. The third-order valence-electron chi connectivity index (χ3n) is 7.41. The van der Waals surface area contributed by atoms with Gasteiger partial charge in [-0.15, -0.1) is 0 Å². The van der Waals surface area contributed by atoms with Crippen LogP contribution < -0.4 is 5.32 Å². The molecule has 1 saturated carbocycles. The Balaban J connectivity index is 1.34. The number of nitrogens with zero attached hydrogens (tertiary/aromatic N) is 5. The van der Waals surface area contributed by atoms with Crippen LogP contribution in [0.5, 0.6) is 0 Å². The summed E-state index contributed by atoms with van der Waals surface area (Å²) >= 11 is 0. The smallest absolute Gasteiger partial charge is 0.321 e. The Hall–Kier alpha value is -3.87. The van der Waals surface area contributed by atoms with E-state index < -0.39 is 0 Å². The van der Waals surface area contributed by atoms with Crippen molar-refractivity contribution < 1.29 is 4.79 Å². The van der Waals surface area contributed by atoms with Crippen LogP contribution in [-0.2, 0) is 0 Å². The normalized spacial score (nSPS) is 22.5. The maximum absolute atomic E-state index is 13.3. The first-order valence-corrected chi connectivity index (χ1v) is 12.5. The molecule has 0 spiro atoms. The van der Waals surface area contributed by atoms with Gasteiger partial charge in [0.25, 0.3) is 0 Å². The summed E-state index contributed by atoms with van der Waals surface area (Å²) in [4.78, 5) is 34.2. The molecule has 2 atom stereocenters. The first-order valence-electron chi connectivity index (χ1n) is 12.5. The summed E-state index contributed by atoms with van der Waals surface area (Å²) in [6.45, 7) is 7.76. The molecule has 7 heteroatoms. The topological polar surface area (TPSA) is 83.9 Å². The predicted octanol–water partition coefficient (Wildman–Crippen LogP) is 6.19. The molecule has 0 unspecified atom stereocenters. The minimum atomic E-state index is -0.0382. The SMILES string of the molecule is CC1(C)C[C@H]2C[C@](C)(CN2C(=O)Nc2ccc3nc(-c4ccccn4)c(-c4ccccn4)nc3c2)C1. The maximum Gasteiger partial charge on any atom is 0.322 e. The first-order chi connectivity index (χ1) is 17.3. The van der Waals surface area contributed by atoms with E-state index >= 15 is 0 Å². The van der Waals surface area contributed by atoms with Gasteiger partial charge >= 0.3 is 6.03 Å². The standard InChI is InChI=1S/C29H30N6O/c1-28(2)15-20-16-29(3,17-28)18-35(20)27(36)32-19-10-11-21-24(14-19)34-26(23-9-5-7-13-31-23)25(33-21)22-8-4-6-12-30-22/h4-14,20H,15-18H2,1-3H3,(H,32,36)/t20-,29-/m0/s1. The van der Waals surface area contributed by atoms with Crippen molar-refractivity contribution in [3.05, 3.63) is 67.0 Å². The molecule has 36 heavy (non-hydrogen) atoms. The van der Waals surface area contributed by atoms with Gasteiger partial charge in [0.05, 0.1) is 22.4 Å². The number of fused-ring (bicyclic) bond motifs is 3. The molecule has 182 valence electrons. The van der Waals surface area contributed by atoms with Crippen LogP contribution in [0.25, 0.3) is 33.8 Å². The Labute approximate surface area is 211 Å². The fourth-order valence-electron chi connectivity index (χ4n) is 6.39. The lowest BCUT2D eigenvalue weighted by Gasteiger charge is -2.39. The van der Waals surface area contributed by atoms with Gasteiger partial charge in [0.1, 0.15) is 11.4 Å². The summed E-state index contributed by atoms with van der Waals surface area (Å²) < 4.78 is 0. The van der Waals surface area contributed by atoms with Crippen molar-refractivity contribution >= 4 is 22.8 Å². The molecule has 1 N–H and O–H groups in total. The van der Waals surface area contributed by atoms with Gasteiger partial charge in [0.15, 0.2) is 0 Å². The van der Waals surface area contributed by atoms with Gasteiger partial charge in [0.2, 0.25) is 0 Å². The average molecular weight is 479 g/mol. The zero-order valence-corrected chi connectivity index (χ0v) is 20.9. The van der Waals surface area contributed by atoms with Gasteiger partial charge in [-0.2, -0.15) is 0 Å². The Kier molecular flexibility index (Phi) is 5.25. The highest BCUT2D eigenvalue weighted by molar-refractivity contribution is 5.93. The van der Waals surface area contributed by atoms with Crippen molar-refractivity contribution in [3.63, 3.8) is 0 Å². The van der Waals surface area contributed by atoms with Gasteiger partial charge < -0.3 is 10.2 Å². The first kappa shape index (κ1) is 22.6. The molecule has 1 aromatic carbocycles. The molecule has 0 radical (unpaired) electrons. The number of anilines is 1. The molecule has 2 amide bonds. The van der Waals surface area contributed by atoms with Gasteiger partial charge in [0, 0.05) is 30.7 Å². The second kappa shape index (κ2) is 8.36. The lowest BCUT2D eigenvalue weighted by Crippen LogP contribution is -2.40. The molecular weight excluding hydrogens is 448 g/mol. The van der Waals surface area contributed by atoms with Crippen LogP contribution in [0, 0.1) is 10.8 Å². The molecule has 2 fully saturated rings. The van der Waals surface area contributed by atoms with Crippen LogP contribution in [0.4, 0.5) is 10.5 Å². The number of carbonyl (C=O) groups is 1. The summed E-state index contributed by atoms with van der Waals surface area (Å²) in [7, 11) is 0. The molecule has 6 rings (SSSR count). The Morgan fingerprint density at radius 3 is 2.19 bits per heavy atom. The van der Waals surface area contributed by atoms with Crippen molar-refractivity contribution in [2.24, 2.45) is 10.8 Å². The minimum Gasteiger partial charge on any atom is -0.321 e. The zero-order chi connectivity index (χ0) is 24.9. The second-order valence-corrected chi connectivity index (χ2v) is 11.3. The van der Waals surface area contributed by atoms with Crippen LogP contribution in [0.1, 0.15) is 40.0 Å². The fraction of sp³-hybridized carbons (Fsp3) is 0.345. The summed E-state index contributed by atoms with van der Waals surface area (Å²) in [5.74, 6) is 0. The van der Waals surface area contributed by atoms with Crippen molar-refractivity contribution in [2.75, 3.05) is 11.9 Å². The molecule has 7 nitrogen and oxygen atoms in total. The van der Waals surface area contributed by atoms with E-state index in [1.807, 2.05) is 59.5 Å². The third kappa shape index (κ3) is 4.19. The van der Waals surface area contributed by atoms with Gasteiger partial charge in [-0.25, -0.2) is 14.8 Å². The monoisotopic (exact) mass is 478 g/mol. The van der Waals surface area contributed by atoms with Crippen molar-refractivity contribution in [1.82, 2.24) is 24.8 Å². The maximum atomic E-state index is 13.3. The molecule has 1 saturated heterocycles. The van der Waals surface area contributed by atoms with E-state index in [0.717, 1.165) is 42.7 Å². The Morgan fingerprint density at radius 1 is 0.889 bits per heavy atom. The van der Waals surface area contributed by atoms with E-state index in [0.29, 0.717) is 22.6 Å². The summed E-state index contributed by atoms with van der Waals surface area (Å²) in [5, 5.41) is 3.13. The molecule has 4 aromatic rings. The average Bonchev–Trinajstić information content (AvgIpc) is 3.13. The van der Waals surface area contributed by atoms with Gasteiger partial charge in [-0.1, -0.05) is 32.9 Å². The quantitative estimate of drug-likeness (QED) is 0.380. The number of hydrogen-bond acceptors (Lipinski definition) is 5. The number of rotatable bonds is 3. The summed E-state index contributed by atoms with van der Waals surface area (Å²) in [5.41, 5.74) is 5.40. The Bertz CT molecular complexity index is 1440. The number of pyridine rings is 2. The van der Waals surface area contributed by atoms with E-state index in [1.165, 1.54) is 0 Å². The molecule has 3 aromatic heterocycles. The van der Waals surface area contributed by atoms with Gasteiger partial charge in [-0.3, -0.25) is 9.97 Å². The number of amides is 2. The van der Waals surface area contributed by atoms with E-state index in [1.54, 1.807) is 12.4 Å². The number of urea groups is 1. The van der Waals surface area contributed by atoms with E-state index in [2.05, 4.69) is 36.1 Å². The lowest BCUT2D eigenvalue weighted by molar-refractivity contribution is 0.130. The number of carbonyl (C=O) groups excluding carboxylic acids is 1. The zero-order valence-electron chi connectivity index (χ0n) is 20.9. The molecule has 2 bridgehead atoms. The predicted molar refractivity (Wildman–Crippen MR) is 141 cm³/mol.